The van der Waals surface area contributed by atoms with E-state index in [-0.39, 0.29) is 11.7 Å². The first-order valence-corrected chi connectivity index (χ1v) is 12.1. The number of rotatable bonds is 12. The van der Waals surface area contributed by atoms with Gasteiger partial charge in [0, 0.05) is 24.8 Å². The number of phenolic OH excluding ortho intramolecular Hbond substituents is 1. The minimum atomic E-state index is 0.0782. The van der Waals surface area contributed by atoms with Crippen LogP contribution in [0.2, 0.25) is 0 Å². The molecule has 3 rings (SSSR count). The van der Waals surface area contributed by atoms with E-state index >= 15 is 0 Å². The summed E-state index contributed by atoms with van der Waals surface area (Å²) in [5, 5.41) is 16.9. The Bertz CT molecular complexity index is 988. The van der Waals surface area contributed by atoms with Crippen LogP contribution in [0.3, 0.4) is 0 Å². The van der Waals surface area contributed by atoms with Crippen molar-refractivity contribution in [3.63, 3.8) is 0 Å². The number of hydrazone groups is 1. The molecule has 2 aromatic rings. The van der Waals surface area contributed by atoms with Crippen LogP contribution in [0.1, 0.15) is 62.6 Å². The van der Waals surface area contributed by atoms with Crippen molar-refractivity contribution >= 4 is 6.21 Å². The third kappa shape index (κ3) is 6.69. The lowest BCUT2D eigenvalue weighted by molar-refractivity contribution is 0.265. The first-order chi connectivity index (χ1) is 16.4. The molecule has 2 aromatic carbocycles. The second-order valence-corrected chi connectivity index (χ2v) is 9.12. The third-order valence-electron chi connectivity index (χ3n) is 5.89. The zero-order chi connectivity index (χ0) is 24.5. The van der Waals surface area contributed by atoms with Crippen LogP contribution in [0.15, 0.2) is 47.7 Å². The van der Waals surface area contributed by atoms with Crippen LogP contribution in [0.4, 0.5) is 0 Å². The van der Waals surface area contributed by atoms with Gasteiger partial charge in [-0.25, -0.2) is 0 Å². The van der Waals surface area contributed by atoms with Gasteiger partial charge < -0.3 is 19.3 Å². The molecule has 0 saturated carbocycles. The average Bonchev–Trinajstić information content (AvgIpc) is 2.83. The lowest BCUT2D eigenvalue weighted by Crippen LogP contribution is -2.15. The number of nitrogens with zero attached hydrogens (tertiary/aromatic N) is 2. The molecule has 1 aliphatic heterocycles. The van der Waals surface area contributed by atoms with Gasteiger partial charge in [-0.05, 0) is 53.6 Å². The van der Waals surface area contributed by atoms with Gasteiger partial charge in [-0.2, -0.15) is 5.10 Å². The van der Waals surface area contributed by atoms with Crippen LogP contribution in [0, 0.1) is 5.92 Å². The van der Waals surface area contributed by atoms with E-state index in [2.05, 4.69) is 50.1 Å². The monoisotopic (exact) mass is 466 g/mol. The molecular formula is C28H38N2O4. The number of ether oxygens (including phenoxy) is 3. The lowest BCUT2D eigenvalue weighted by Gasteiger charge is -2.23. The van der Waals surface area contributed by atoms with E-state index in [0.717, 1.165) is 42.6 Å². The number of aryl methyl sites for hydroxylation is 1. The quantitative estimate of drug-likeness (QED) is 0.399. The molecule has 1 unspecified atom stereocenters. The molecule has 0 radical (unpaired) electrons. The summed E-state index contributed by atoms with van der Waals surface area (Å²) in [5.41, 5.74) is 3.34. The van der Waals surface area contributed by atoms with Crippen LogP contribution in [0.5, 0.6) is 23.0 Å². The second kappa shape index (κ2) is 12.4. The minimum absolute atomic E-state index is 0.0782. The molecular weight excluding hydrogens is 428 g/mol. The smallest absolute Gasteiger partial charge is 0.203 e. The van der Waals surface area contributed by atoms with Crippen molar-refractivity contribution in [2.45, 2.75) is 58.9 Å². The fourth-order valence-electron chi connectivity index (χ4n) is 4.28. The summed E-state index contributed by atoms with van der Waals surface area (Å²) in [4.78, 5) is 0. The molecule has 0 aliphatic carbocycles. The van der Waals surface area contributed by atoms with Crippen molar-refractivity contribution in [1.82, 2.24) is 5.01 Å². The molecule has 34 heavy (non-hydrogen) atoms. The maximum Gasteiger partial charge on any atom is 0.203 e. The Morgan fingerprint density at radius 2 is 1.91 bits per heavy atom. The fourth-order valence-corrected chi connectivity index (χ4v) is 4.28. The Morgan fingerprint density at radius 1 is 1.09 bits per heavy atom. The molecule has 184 valence electrons. The van der Waals surface area contributed by atoms with Gasteiger partial charge in [-0.3, -0.25) is 5.01 Å². The molecule has 0 amide bonds. The Labute approximate surface area is 203 Å². The average molecular weight is 467 g/mol. The molecule has 0 saturated heterocycles. The molecule has 0 bridgehead atoms. The Morgan fingerprint density at radius 3 is 2.56 bits per heavy atom. The van der Waals surface area contributed by atoms with Crippen LogP contribution in [-0.2, 0) is 13.0 Å². The normalized spacial score (nSPS) is 13.9. The van der Waals surface area contributed by atoms with E-state index in [1.807, 2.05) is 23.5 Å². The highest BCUT2D eigenvalue weighted by Gasteiger charge is 2.21. The number of hydrogen-bond acceptors (Lipinski definition) is 6. The summed E-state index contributed by atoms with van der Waals surface area (Å²) in [6.07, 6.45) is 9.84. The first-order valence-electron chi connectivity index (χ1n) is 12.1. The van der Waals surface area contributed by atoms with Crippen molar-refractivity contribution in [1.29, 1.82) is 0 Å². The molecule has 0 spiro atoms. The van der Waals surface area contributed by atoms with Gasteiger partial charge in [0.2, 0.25) is 5.75 Å². The number of aromatic hydroxyl groups is 1. The summed E-state index contributed by atoms with van der Waals surface area (Å²) in [5.74, 6) is 2.43. The zero-order valence-electron chi connectivity index (χ0n) is 21.1. The van der Waals surface area contributed by atoms with Crippen molar-refractivity contribution in [3.8, 4) is 23.0 Å². The maximum absolute atomic E-state index is 10.5. The van der Waals surface area contributed by atoms with Gasteiger partial charge in [-0.1, -0.05) is 45.4 Å². The highest BCUT2D eigenvalue weighted by molar-refractivity contribution is 5.60. The molecule has 6 nitrogen and oxygen atoms in total. The summed E-state index contributed by atoms with van der Waals surface area (Å²) in [6, 6.07) is 10.2. The molecule has 1 heterocycles. The Balaban J connectivity index is 1.84. The summed E-state index contributed by atoms with van der Waals surface area (Å²) in [6.45, 7) is 7.79. The number of methoxy groups -OCH3 is 2. The Hall–Kier alpha value is -3.15. The molecule has 6 heteroatoms. The van der Waals surface area contributed by atoms with Crippen molar-refractivity contribution < 1.29 is 19.3 Å². The van der Waals surface area contributed by atoms with E-state index in [9.17, 15) is 5.11 Å². The molecule has 1 atom stereocenters. The Kier molecular flexibility index (Phi) is 9.25. The van der Waals surface area contributed by atoms with Crippen molar-refractivity contribution in [2.24, 2.45) is 11.0 Å². The number of allylic oxidation sites excluding steroid dienone is 1. The molecule has 1 N–H and O–H groups in total. The van der Waals surface area contributed by atoms with Crippen LogP contribution in [0.25, 0.3) is 0 Å². The van der Waals surface area contributed by atoms with Crippen molar-refractivity contribution in [2.75, 3.05) is 20.8 Å². The molecule has 0 fully saturated rings. The standard InChI is InChI=1S/C28H38N2O4/c1-6-9-22-11-10-21(18-30-13-8-7-12-29-30)15-26(22)34-19-24(14-20(2)3)23-16-25(31)28(33-5)27(17-23)32-4/h8,10-13,15-17,20,24,31H,6-7,9,14,18-19H2,1-5H3. The summed E-state index contributed by atoms with van der Waals surface area (Å²) in [7, 11) is 3.11. The number of hydrogen-bond donors (Lipinski definition) is 1. The zero-order valence-corrected chi connectivity index (χ0v) is 21.1. The summed E-state index contributed by atoms with van der Waals surface area (Å²) >= 11 is 0. The maximum atomic E-state index is 10.5. The van der Waals surface area contributed by atoms with Crippen molar-refractivity contribution in [3.05, 3.63) is 59.3 Å². The lowest BCUT2D eigenvalue weighted by atomic mass is 9.90. The SMILES string of the molecule is CCCc1ccc(CN2C=CCC=N2)cc1OCC(CC(C)C)c1cc(O)c(OC)c(OC)c1. The minimum Gasteiger partial charge on any atom is -0.504 e. The van der Waals surface area contributed by atoms with Gasteiger partial charge in [0.05, 0.1) is 27.4 Å². The summed E-state index contributed by atoms with van der Waals surface area (Å²) < 4.78 is 17.3. The van der Waals surface area contributed by atoms with Gasteiger partial charge in [0.1, 0.15) is 5.75 Å². The fraction of sp³-hybridized carbons (Fsp3) is 0.464. The van der Waals surface area contributed by atoms with E-state index < -0.39 is 0 Å². The highest BCUT2D eigenvalue weighted by atomic mass is 16.5. The van der Waals surface area contributed by atoms with Gasteiger partial charge >= 0.3 is 0 Å². The van der Waals surface area contributed by atoms with Gasteiger partial charge in [-0.15, -0.1) is 0 Å². The number of phenols is 1. The molecule has 0 aromatic heterocycles. The highest BCUT2D eigenvalue weighted by Crippen LogP contribution is 2.40. The van der Waals surface area contributed by atoms with Gasteiger partial charge in [0.15, 0.2) is 11.5 Å². The molecule has 1 aliphatic rings. The predicted octanol–water partition coefficient (Wildman–Crippen LogP) is 6.28. The van der Waals surface area contributed by atoms with E-state index in [1.54, 1.807) is 13.2 Å². The second-order valence-electron chi connectivity index (χ2n) is 9.12. The van der Waals surface area contributed by atoms with Crippen LogP contribution in [-0.4, -0.2) is 37.2 Å². The largest absolute Gasteiger partial charge is 0.504 e. The number of benzene rings is 2. The van der Waals surface area contributed by atoms with Crippen LogP contribution < -0.4 is 14.2 Å². The van der Waals surface area contributed by atoms with Crippen LogP contribution >= 0.6 is 0 Å². The van der Waals surface area contributed by atoms with E-state index in [0.29, 0.717) is 30.6 Å². The van der Waals surface area contributed by atoms with E-state index in [4.69, 9.17) is 14.2 Å². The topological polar surface area (TPSA) is 63.5 Å². The third-order valence-corrected chi connectivity index (χ3v) is 5.89. The first kappa shape index (κ1) is 25.5. The predicted molar refractivity (Wildman–Crippen MR) is 137 cm³/mol. The van der Waals surface area contributed by atoms with Gasteiger partial charge in [0.25, 0.3) is 0 Å². The van der Waals surface area contributed by atoms with E-state index in [1.165, 1.54) is 12.7 Å².